The summed E-state index contributed by atoms with van der Waals surface area (Å²) in [5.41, 5.74) is 4.03. The highest BCUT2D eigenvalue weighted by Crippen LogP contribution is 2.29. The smallest absolute Gasteiger partial charge is 0.337 e. The largest absolute Gasteiger partial charge is 0.478 e. The predicted molar refractivity (Wildman–Crippen MR) is 67.3 cm³/mol. The Morgan fingerprint density at radius 3 is 2.30 bits per heavy atom. The van der Waals surface area contributed by atoms with Gasteiger partial charge in [-0.05, 0) is 18.9 Å². The summed E-state index contributed by atoms with van der Waals surface area (Å²) >= 11 is 0. The summed E-state index contributed by atoms with van der Waals surface area (Å²) in [5, 5.41) is 11.2. The first kappa shape index (κ1) is 14.4. The maximum Gasteiger partial charge on any atom is 0.337 e. The van der Waals surface area contributed by atoms with Crippen LogP contribution in [0, 0.1) is 11.6 Å². The van der Waals surface area contributed by atoms with Gasteiger partial charge in [-0.3, -0.25) is 4.79 Å². The van der Waals surface area contributed by atoms with Crippen molar-refractivity contribution < 1.29 is 23.5 Å². The maximum absolute atomic E-state index is 13.2. The van der Waals surface area contributed by atoms with E-state index in [1.54, 1.807) is 0 Å². The third-order valence-electron chi connectivity index (χ3n) is 3.49. The van der Waals surface area contributed by atoms with Crippen LogP contribution in [0.15, 0.2) is 12.1 Å². The van der Waals surface area contributed by atoms with Gasteiger partial charge in [-0.2, -0.15) is 0 Å². The number of benzene rings is 1. The summed E-state index contributed by atoms with van der Waals surface area (Å²) in [6.07, 6.45) is 2.55. The van der Waals surface area contributed by atoms with Crippen molar-refractivity contribution in [2.24, 2.45) is 5.73 Å². The lowest BCUT2D eigenvalue weighted by Crippen LogP contribution is -2.48. The highest BCUT2D eigenvalue weighted by Gasteiger charge is 2.37. The Kier molecular flexibility index (Phi) is 3.71. The first-order valence-electron chi connectivity index (χ1n) is 6.16. The molecule has 2 rings (SSSR count). The van der Waals surface area contributed by atoms with Crippen LogP contribution in [0.3, 0.4) is 0 Å². The van der Waals surface area contributed by atoms with Gasteiger partial charge in [-0.15, -0.1) is 0 Å². The number of carbonyl (C=O) groups is 2. The van der Waals surface area contributed by atoms with Crippen LogP contribution < -0.4 is 11.1 Å². The van der Waals surface area contributed by atoms with Crippen molar-refractivity contribution in [3.63, 3.8) is 0 Å². The molecule has 1 saturated carbocycles. The zero-order chi connectivity index (χ0) is 14.9. The van der Waals surface area contributed by atoms with Crippen molar-refractivity contribution in [2.75, 3.05) is 5.32 Å². The minimum atomic E-state index is -1.46. The van der Waals surface area contributed by atoms with Crippen LogP contribution >= 0.6 is 0 Å². The van der Waals surface area contributed by atoms with Gasteiger partial charge in [0.1, 0.15) is 0 Å². The summed E-state index contributed by atoms with van der Waals surface area (Å²) in [7, 11) is 0. The number of carbonyl (C=O) groups excluding carboxylic acids is 1. The molecule has 108 valence electrons. The highest BCUT2D eigenvalue weighted by molar-refractivity contribution is 6.03. The summed E-state index contributed by atoms with van der Waals surface area (Å²) in [5.74, 6) is -4.56. The molecule has 0 saturated heterocycles. The van der Waals surface area contributed by atoms with Gasteiger partial charge in [0.15, 0.2) is 11.6 Å². The van der Waals surface area contributed by atoms with Gasteiger partial charge in [-0.1, -0.05) is 12.8 Å². The first-order valence-corrected chi connectivity index (χ1v) is 6.16. The lowest BCUT2D eigenvalue weighted by Gasteiger charge is -2.22. The fourth-order valence-corrected chi connectivity index (χ4v) is 2.31. The van der Waals surface area contributed by atoms with Crippen molar-refractivity contribution in [2.45, 2.75) is 31.2 Å². The number of nitrogens with one attached hydrogen (secondary N) is 1. The SMILES string of the molecule is NC1(C(=O)Nc2cc(F)c(F)cc2C(=O)O)CCCC1. The summed E-state index contributed by atoms with van der Waals surface area (Å²) in [6, 6.07) is 1.18. The van der Waals surface area contributed by atoms with E-state index in [1.165, 1.54) is 0 Å². The zero-order valence-corrected chi connectivity index (χ0v) is 10.6. The summed E-state index contributed by atoms with van der Waals surface area (Å²) in [4.78, 5) is 23.1. The van der Waals surface area contributed by atoms with Crippen LogP contribution in [-0.2, 0) is 4.79 Å². The van der Waals surface area contributed by atoms with E-state index in [0.29, 0.717) is 25.0 Å². The molecule has 0 aromatic heterocycles. The molecule has 20 heavy (non-hydrogen) atoms. The van der Waals surface area contributed by atoms with Crippen LogP contribution in [-0.4, -0.2) is 22.5 Å². The zero-order valence-electron chi connectivity index (χ0n) is 10.6. The van der Waals surface area contributed by atoms with Crippen LogP contribution in [0.2, 0.25) is 0 Å². The topological polar surface area (TPSA) is 92.4 Å². The number of hydrogen-bond donors (Lipinski definition) is 3. The van der Waals surface area contributed by atoms with Crippen LogP contribution in [0.25, 0.3) is 0 Å². The molecule has 1 amide bonds. The normalized spacial score (nSPS) is 16.9. The van der Waals surface area contributed by atoms with E-state index in [1.807, 2.05) is 0 Å². The quantitative estimate of drug-likeness (QED) is 0.790. The van der Waals surface area contributed by atoms with Gasteiger partial charge >= 0.3 is 5.97 Å². The monoisotopic (exact) mass is 284 g/mol. The minimum Gasteiger partial charge on any atom is -0.478 e. The van der Waals surface area contributed by atoms with Gasteiger partial charge in [0.25, 0.3) is 0 Å². The number of nitrogens with two attached hydrogens (primary N) is 1. The number of carboxylic acid groups (broad SMARTS) is 1. The van der Waals surface area contributed by atoms with Crippen LogP contribution in [0.5, 0.6) is 0 Å². The second-order valence-electron chi connectivity index (χ2n) is 4.93. The van der Waals surface area contributed by atoms with Gasteiger partial charge in [0.05, 0.1) is 16.8 Å². The fourth-order valence-electron chi connectivity index (χ4n) is 2.31. The molecule has 1 fully saturated rings. The first-order chi connectivity index (χ1) is 9.33. The predicted octanol–water partition coefficient (Wildman–Crippen LogP) is 1.87. The van der Waals surface area contributed by atoms with Gasteiger partial charge in [0.2, 0.25) is 5.91 Å². The van der Waals surface area contributed by atoms with Gasteiger partial charge in [-0.25, -0.2) is 13.6 Å². The molecule has 0 atom stereocenters. The molecule has 1 aliphatic rings. The minimum absolute atomic E-state index is 0.293. The van der Waals surface area contributed by atoms with Crippen LogP contribution in [0.1, 0.15) is 36.0 Å². The van der Waals surface area contributed by atoms with Crippen molar-refractivity contribution >= 4 is 17.6 Å². The number of rotatable bonds is 3. The molecule has 0 unspecified atom stereocenters. The average Bonchev–Trinajstić information content (AvgIpc) is 2.81. The molecule has 1 aromatic carbocycles. The lowest BCUT2D eigenvalue weighted by atomic mass is 9.97. The van der Waals surface area contributed by atoms with E-state index >= 15 is 0 Å². The number of amides is 1. The molecule has 0 heterocycles. The Morgan fingerprint density at radius 1 is 1.20 bits per heavy atom. The Bertz CT molecular complexity index is 569. The molecule has 0 radical (unpaired) electrons. The Hall–Kier alpha value is -2.02. The number of aromatic carboxylic acids is 1. The molecule has 5 nitrogen and oxygen atoms in total. The third kappa shape index (κ3) is 2.62. The molecule has 7 heteroatoms. The number of carboxylic acids is 1. The Labute approximate surface area is 113 Å². The van der Waals surface area contributed by atoms with Gasteiger partial charge < -0.3 is 16.2 Å². The van der Waals surface area contributed by atoms with Crippen LogP contribution in [0.4, 0.5) is 14.5 Å². The second kappa shape index (κ2) is 5.16. The lowest BCUT2D eigenvalue weighted by molar-refractivity contribution is -0.121. The Balaban J connectivity index is 2.31. The van der Waals surface area contributed by atoms with E-state index < -0.39 is 34.6 Å². The molecule has 1 aromatic rings. The van der Waals surface area contributed by atoms with Crippen molar-refractivity contribution in [1.29, 1.82) is 0 Å². The standard InChI is InChI=1S/C13H14F2N2O3/c14-8-5-7(11(18)19)10(6-9(8)15)17-12(20)13(16)3-1-2-4-13/h5-6H,1-4,16H2,(H,17,20)(H,18,19). The van der Waals surface area contributed by atoms with E-state index in [2.05, 4.69) is 5.32 Å². The van der Waals surface area contributed by atoms with E-state index in [4.69, 9.17) is 10.8 Å². The Morgan fingerprint density at radius 2 is 1.75 bits per heavy atom. The molecule has 0 aliphatic heterocycles. The highest BCUT2D eigenvalue weighted by atomic mass is 19.2. The second-order valence-corrected chi connectivity index (χ2v) is 4.93. The van der Waals surface area contributed by atoms with Crippen molar-refractivity contribution in [1.82, 2.24) is 0 Å². The van der Waals surface area contributed by atoms with Crippen molar-refractivity contribution in [3.05, 3.63) is 29.3 Å². The van der Waals surface area contributed by atoms with Crippen molar-refractivity contribution in [3.8, 4) is 0 Å². The van der Waals surface area contributed by atoms with E-state index in [-0.39, 0.29) is 5.69 Å². The summed E-state index contributed by atoms with van der Waals surface area (Å²) in [6.45, 7) is 0. The fraction of sp³-hybridized carbons (Fsp3) is 0.385. The average molecular weight is 284 g/mol. The third-order valence-corrected chi connectivity index (χ3v) is 3.49. The van der Waals surface area contributed by atoms with E-state index in [9.17, 15) is 18.4 Å². The van der Waals surface area contributed by atoms with Gasteiger partial charge in [0, 0.05) is 6.07 Å². The molecule has 1 aliphatic carbocycles. The number of hydrogen-bond acceptors (Lipinski definition) is 3. The molecule has 0 bridgehead atoms. The molecular formula is C13H14F2N2O3. The maximum atomic E-state index is 13.2. The molecule has 4 N–H and O–H groups in total. The number of halogens is 2. The van der Waals surface area contributed by atoms with E-state index in [0.717, 1.165) is 12.8 Å². The molecule has 0 spiro atoms. The summed E-state index contributed by atoms with van der Waals surface area (Å²) < 4.78 is 26.3. The number of anilines is 1. The molecular weight excluding hydrogens is 270 g/mol.